The quantitative estimate of drug-likeness (QED) is 0.842. The molecule has 0 saturated carbocycles. The largest absolute Gasteiger partial charge is 0.481 e. The smallest absolute Gasteiger partial charge is 0.304 e. The number of carboxylic acids is 1. The van der Waals surface area contributed by atoms with Crippen LogP contribution in [0.3, 0.4) is 0 Å². The van der Waals surface area contributed by atoms with Crippen LogP contribution in [-0.2, 0) is 26.0 Å². The lowest BCUT2D eigenvalue weighted by atomic mass is 10.1. The van der Waals surface area contributed by atoms with Gasteiger partial charge in [0.2, 0.25) is 15.9 Å². The Morgan fingerprint density at radius 2 is 2.09 bits per heavy atom. The fraction of sp³-hybridized carbons (Fsp3) is 0.429. The first-order valence-corrected chi connectivity index (χ1v) is 8.35. The van der Waals surface area contributed by atoms with Gasteiger partial charge in [0.15, 0.2) is 0 Å². The summed E-state index contributed by atoms with van der Waals surface area (Å²) in [5, 5.41) is 11.4. The standard InChI is InChI=1S/C14H18N2O5S/c1-16(8-7-14(18)19)22(20,21)11-5-6-12-10(9-11)3-2-4-13(17)15-12/h5-6,9H,2-4,7-8H2,1H3,(H,15,17)(H,18,19). The third-order valence-electron chi connectivity index (χ3n) is 3.55. The molecule has 1 aromatic carbocycles. The third-order valence-corrected chi connectivity index (χ3v) is 5.40. The molecule has 0 aromatic heterocycles. The fourth-order valence-electron chi connectivity index (χ4n) is 2.26. The van der Waals surface area contributed by atoms with Gasteiger partial charge in [-0.15, -0.1) is 0 Å². The number of nitrogens with zero attached hydrogens (tertiary/aromatic N) is 1. The minimum atomic E-state index is -3.74. The Morgan fingerprint density at radius 1 is 1.36 bits per heavy atom. The Kier molecular flexibility index (Phi) is 4.82. The monoisotopic (exact) mass is 326 g/mol. The highest BCUT2D eigenvalue weighted by atomic mass is 32.2. The molecule has 8 heteroatoms. The Hall–Kier alpha value is -1.93. The van der Waals surface area contributed by atoms with Gasteiger partial charge in [-0.25, -0.2) is 12.7 Å². The van der Waals surface area contributed by atoms with Crippen molar-refractivity contribution in [1.82, 2.24) is 4.31 Å². The SMILES string of the molecule is CN(CCC(=O)O)S(=O)(=O)c1ccc2c(c1)CCCC(=O)N2. The summed E-state index contributed by atoms with van der Waals surface area (Å²) in [5.41, 5.74) is 1.41. The van der Waals surface area contributed by atoms with Crippen LogP contribution in [-0.4, -0.2) is 43.3 Å². The number of carboxylic acid groups (broad SMARTS) is 1. The van der Waals surface area contributed by atoms with Gasteiger partial charge in [-0.3, -0.25) is 9.59 Å². The second kappa shape index (κ2) is 6.45. The molecule has 120 valence electrons. The lowest BCUT2D eigenvalue weighted by Gasteiger charge is -2.17. The number of hydrogen-bond donors (Lipinski definition) is 2. The van der Waals surface area contributed by atoms with E-state index in [1.54, 1.807) is 12.1 Å². The van der Waals surface area contributed by atoms with E-state index in [2.05, 4.69) is 5.32 Å². The van der Waals surface area contributed by atoms with Crippen molar-refractivity contribution in [3.05, 3.63) is 23.8 Å². The van der Waals surface area contributed by atoms with Crippen LogP contribution in [0.15, 0.2) is 23.1 Å². The van der Waals surface area contributed by atoms with Crippen molar-refractivity contribution >= 4 is 27.6 Å². The summed E-state index contributed by atoms with van der Waals surface area (Å²) < 4.78 is 25.9. The lowest BCUT2D eigenvalue weighted by molar-refractivity contribution is -0.137. The van der Waals surface area contributed by atoms with E-state index in [9.17, 15) is 18.0 Å². The van der Waals surface area contributed by atoms with E-state index in [-0.39, 0.29) is 23.8 Å². The van der Waals surface area contributed by atoms with Crippen molar-refractivity contribution in [2.75, 3.05) is 18.9 Å². The predicted molar refractivity (Wildman–Crippen MR) is 80.1 cm³/mol. The van der Waals surface area contributed by atoms with Gasteiger partial charge >= 0.3 is 5.97 Å². The van der Waals surface area contributed by atoms with E-state index in [4.69, 9.17) is 5.11 Å². The van der Waals surface area contributed by atoms with Gasteiger partial charge in [-0.05, 0) is 36.6 Å². The number of carbonyl (C=O) groups is 2. The molecule has 7 nitrogen and oxygen atoms in total. The van der Waals surface area contributed by atoms with Gasteiger partial charge < -0.3 is 10.4 Å². The van der Waals surface area contributed by atoms with Crippen molar-refractivity contribution in [1.29, 1.82) is 0 Å². The minimum Gasteiger partial charge on any atom is -0.481 e. The average molecular weight is 326 g/mol. The molecule has 1 aliphatic rings. The van der Waals surface area contributed by atoms with Gasteiger partial charge in [0, 0.05) is 25.7 Å². The first-order valence-electron chi connectivity index (χ1n) is 6.91. The zero-order valence-electron chi connectivity index (χ0n) is 12.2. The van der Waals surface area contributed by atoms with Gasteiger partial charge in [-0.2, -0.15) is 0 Å². The normalized spacial score (nSPS) is 15.1. The topological polar surface area (TPSA) is 104 Å². The molecule has 1 heterocycles. The molecule has 0 atom stereocenters. The van der Waals surface area contributed by atoms with Gasteiger partial charge in [0.25, 0.3) is 0 Å². The first kappa shape index (κ1) is 16.4. The van der Waals surface area contributed by atoms with Crippen LogP contribution in [0.1, 0.15) is 24.8 Å². The van der Waals surface area contributed by atoms with Crippen LogP contribution in [0.4, 0.5) is 5.69 Å². The van der Waals surface area contributed by atoms with E-state index in [0.717, 1.165) is 9.87 Å². The molecule has 0 fully saturated rings. The van der Waals surface area contributed by atoms with Crippen molar-refractivity contribution < 1.29 is 23.1 Å². The molecule has 0 bridgehead atoms. The molecule has 0 saturated heterocycles. The molecular formula is C14H18N2O5S. The molecule has 1 aliphatic heterocycles. The third kappa shape index (κ3) is 3.63. The number of aryl methyl sites for hydroxylation is 1. The van der Waals surface area contributed by atoms with E-state index in [1.807, 2.05) is 0 Å². The summed E-state index contributed by atoms with van der Waals surface area (Å²) in [4.78, 5) is 22.2. The molecule has 0 unspecified atom stereocenters. The van der Waals surface area contributed by atoms with Crippen LogP contribution in [0.25, 0.3) is 0 Å². The van der Waals surface area contributed by atoms with E-state index < -0.39 is 16.0 Å². The molecule has 2 N–H and O–H groups in total. The molecule has 1 aromatic rings. The number of aliphatic carboxylic acids is 1. The number of fused-ring (bicyclic) bond motifs is 1. The summed E-state index contributed by atoms with van der Waals surface area (Å²) in [6.07, 6.45) is 1.44. The van der Waals surface area contributed by atoms with E-state index in [1.165, 1.54) is 13.1 Å². The maximum atomic E-state index is 12.4. The Balaban J connectivity index is 2.27. The van der Waals surface area contributed by atoms with Crippen molar-refractivity contribution in [3.63, 3.8) is 0 Å². The number of benzene rings is 1. The van der Waals surface area contributed by atoms with Gasteiger partial charge in [-0.1, -0.05) is 0 Å². The highest BCUT2D eigenvalue weighted by Gasteiger charge is 2.23. The van der Waals surface area contributed by atoms with Crippen LogP contribution in [0.5, 0.6) is 0 Å². The zero-order chi connectivity index (χ0) is 16.3. The van der Waals surface area contributed by atoms with Crippen LogP contribution in [0.2, 0.25) is 0 Å². The number of rotatable bonds is 5. The molecule has 22 heavy (non-hydrogen) atoms. The second-order valence-corrected chi connectivity index (χ2v) is 7.24. The number of hydrogen-bond acceptors (Lipinski definition) is 4. The summed E-state index contributed by atoms with van der Waals surface area (Å²) in [6, 6.07) is 4.56. The number of carbonyl (C=O) groups excluding carboxylic acids is 1. The van der Waals surface area contributed by atoms with Gasteiger partial charge in [0.05, 0.1) is 11.3 Å². The van der Waals surface area contributed by atoms with Crippen molar-refractivity contribution in [3.8, 4) is 0 Å². The second-order valence-electron chi connectivity index (χ2n) is 5.19. The molecular weight excluding hydrogens is 308 g/mol. The van der Waals surface area contributed by atoms with Crippen LogP contribution >= 0.6 is 0 Å². The zero-order valence-corrected chi connectivity index (χ0v) is 13.0. The lowest BCUT2D eigenvalue weighted by Crippen LogP contribution is -2.29. The van der Waals surface area contributed by atoms with Crippen LogP contribution in [0, 0.1) is 0 Å². The predicted octanol–water partition coefficient (Wildman–Crippen LogP) is 1.06. The average Bonchev–Trinajstić information content (AvgIpc) is 2.64. The maximum Gasteiger partial charge on any atom is 0.304 e. The summed E-state index contributed by atoms with van der Waals surface area (Å²) in [5.74, 6) is -1.13. The Labute approximate surface area is 129 Å². The Morgan fingerprint density at radius 3 is 2.77 bits per heavy atom. The maximum absolute atomic E-state index is 12.4. The van der Waals surface area contributed by atoms with E-state index >= 15 is 0 Å². The molecule has 2 rings (SSSR count). The highest BCUT2D eigenvalue weighted by molar-refractivity contribution is 7.89. The summed E-state index contributed by atoms with van der Waals surface area (Å²) >= 11 is 0. The molecule has 1 amide bonds. The van der Waals surface area contributed by atoms with Crippen LogP contribution < -0.4 is 5.32 Å². The van der Waals surface area contributed by atoms with Crippen molar-refractivity contribution in [2.24, 2.45) is 0 Å². The highest BCUT2D eigenvalue weighted by Crippen LogP contribution is 2.26. The van der Waals surface area contributed by atoms with Gasteiger partial charge in [0.1, 0.15) is 0 Å². The summed E-state index contributed by atoms with van der Waals surface area (Å²) in [6.45, 7) is -0.0918. The fourth-order valence-corrected chi connectivity index (χ4v) is 3.49. The molecule has 0 spiro atoms. The molecule has 0 radical (unpaired) electrons. The number of amides is 1. The number of anilines is 1. The first-order chi connectivity index (χ1) is 10.3. The van der Waals surface area contributed by atoms with Crippen molar-refractivity contribution in [2.45, 2.75) is 30.6 Å². The Bertz CT molecular complexity index is 699. The summed E-state index contributed by atoms with van der Waals surface area (Å²) in [7, 11) is -2.38. The number of nitrogens with one attached hydrogen (secondary N) is 1. The number of sulfonamides is 1. The molecule has 0 aliphatic carbocycles. The minimum absolute atomic E-state index is 0.0760. The van der Waals surface area contributed by atoms with E-state index in [0.29, 0.717) is 24.9 Å².